The molecule has 0 spiro atoms. The van der Waals surface area contributed by atoms with Crippen molar-refractivity contribution < 1.29 is 12.7 Å². The van der Waals surface area contributed by atoms with Gasteiger partial charge in [0.05, 0.1) is 11.1 Å². The van der Waals surface area contributed by atoms with Crippen LogP contribution in [0, 0.1) is 0 Å². The van der Waals surface area contributed by atoms with Crippen molar-refractivity contribution in [1.82, 2.24) is 19.9 Å². The van der Waals surface area contributed by atoms with Gasteiger partial charge in [0.25, 0.3) is 0 Å². The number of hydrogen-bond donors (Lipinski definition) is 2. The molecule has 1 atom stereocenters. The molecule has 40 heavy (non-hydrogen) atoms. The maximum Gasteiger partial charge on any atom is 0.313 e. The van der Waals surface area contributed by atoms with Crippen LogP contribution in [0.1, 0.15) is 49.7 Å². The van der Waals surface area contributed by atoms with E-state index in [1.165, 1.54) is 73.3 Å². The summed E-state index contributed by atoms with van der Waals surface area (Å²) in [6.45, 7) is 3.69. The Kier molecular flexibility index (Phi) is 8.22. The van der Waals surface area contributed by atoms with Crippen LogP contribution in [0.25, 0.3) is 0 Å². The van der Waals surface area contributed by atoms with Crippen molar-refractivity contribution in [2.24, 2.45) is 0 Å². The smallest absolute Gasteiger partial charge is 0.313 e. The Morgan fingerprint density at radius 3 is 2.40 bits per heavy atom. The highest BCUT2D eigenvalue weighted by Crippen LogP contribution is 2.30. The van der Waals surface area contributed by atoms with Crippen LogP contribution in [0.3, 0.4) is 0 Å². The van der Waals surface area contributed by atoms with Crippen LogP contribution >= 0.6 is 11.6 Å². The molecule has 212 valence electrons. The highest BCUT2D eigenvalue weighted by atomic mass is 35.5. The first-order chi connectivity index (χ1) is 19.4. The van der Waals surface area contributed by atoms with E-state index in [-0.39, 0.29) is 4.90 Å². The second-order valence-corrected chi connectivity index (χ2v) is 12.7. The maximum absolute atomic E-state index is 12.8. The zero-order valence-corrected chi connectivity index (χ0v) is 24.1. The van der Waals surface area contributed by atoms with Gasteiger partial charge in [0, 0.05) is 30.5 Å². The number of hydrogen-bond acceptors (Lipinski definition) is 9. The Hall–Kier alpha value is -2.76. The van der Waals surface area contributed by atoms with Gasteiger partial charge in [-0.15, -0.1) is 0 Å². The number of halogens is 1. The van der Waals surface area contributed by atoms with Crippen LogP contribution in [-0.2, 0) is 27.2 Å². The minimum absolute atomic E-state index is 0.0601. The van der Waals surface area contributed by atoms with Crippen molar-refractivity contribution in [2.45, 2.75) is 62.3 Å². The first-order valence-corrected chi connectivity index (χ1v) is 15.9. The summed E-state index contributed by atoms with van der Waals surface area (Å²) in [7, 11) is -3.93. The largest absolute Gasteiger partial charge is 0.339 e. The van der Waals surface area contributed by atoms with Crippen LogP contribution in [0.2, 0.25) is 5.02 Å². The molecule has 2 N–H and O–H groups in total. The minimum atomic E-state index is -3.93. The Labute approximate surface area is 241 Å². The fraction of sp³-hybridized carbons (Fsp3) is 0.448. The monoisotopic (exact) mass is 582 g/mol. The predicted molar refractivity (Wildman–Crippen MR) is 157 cm³/mol. The van der Waals surface area contributed by atoms with Gasteiger partial charge < -0.3 is 15.5 Å². The minimum Gasteiger partial charge on any atom is -0.339 e. The van der Waals surface area contributed by atoms with Crippen molar-refractivity contribution in [3.8, 4) is 0 Å². The summed E-state index contributed by atoms with van der Waals surface area (Å²) in [5.74, 6) is 0.772. The number of anilines is 4. The van der Waals surface area contributed by atoms with Gasteiger partial charge in [0.1, 0.15) is 5.02 Å². The van der Waals surface area contributed by atoms with E-state index in [9.17, 15) is 8.42 Å². The molecule has 0 unspecified atom stereocenters. The van der Waals surface area contributed by atoms with Crippen LogP contribution in [0.15, 0.2) is 53.6 Å². The molecule has 3 aromatic rings. The van der Waals surface area contributed by atoms with Crippen LogP contribution in [-0.4, -0.2) is 60.6 Å². The van der Waals surface area contributed by atoms with E-state index in [2.05, 4.69) is 43.7 Å². The molecule has 6 rings (SSSR count). The molecule has 0 radical (unpaired) electrons. The summed E-state index contributed by atoms with van der Waals surface area (Å²) in [6.07, 6.45) is 10.6. The lowest BCUT2D eigenvalue weighted by atomic mass is 10.0. The number of hydroxylamine groups is 2. The molecular weight excluding hydrogens is 548 g/mol. The molecule has 9 nitrogen and oxygen atoms in total. The van der Waals surface area contributed by atoms with Gasteiger partial charge in [0.2, 0.25) is 5.95 Å². The second kappa shape index (κ2) is 12.0. The molecule has 2 fully saturated rings. The lowest BCUT2D eigenvalue weighted by Gasteiger charge is -2.25. The highest BCUT2D eigenvalue weighted by Gasteiger charge is 2.25. The van der Waals surface area contributed by atoms with Crippen molar-refractivity contribution in [3.05, 3.63) is 64.8 Å². The molecule has 3 aliphatic rings. The summed E-state index contributed by atoms with van der Waals surface area (Å²) in [5.41, 5.74) is 4.26. The lowest BCUT2D eigenvalue weighted by molar-refractivity contribution is -0.0270. The van der Waals surface area contributed by atoms with E-state index in [1.807, 2.05) is 0 Å². The Bertz CT molecular complexity index is 1460. The number of rotatable bonds is 8. The average Bonchev–Trinajstić information content (AvgIpc) is 3.63. The Morgan fingerprint density at radius 1 is 0.875 bits per heavy atom. The zero-order valence-electron chi connectivity index (χ0n) is 22.5. The molecule has 1 aromatic heterocycles. The average molecular weight is 583 g/mol. The quantitative estimate of drug-likeness (QED) is 0.325. The van der Waals surface area contributed by atoms with E-state index < -0.39 is 10.1 Å². The maximum atomic E-state index is 12.8. The number of aromatic nitrogens is 2. The van der Waals surface area contributed by atoms with E-state index >= 15 is 0 Å². The summed E-state index contributed by atoms with van der Waals surface area (Å²) >= 11 is 6.40. The van der Waals surface area contributed by atoms with Crippen LogP contribution < -0.4 is 10.6 Å². The molecule has 11 heteroatoms. The summed E-state index contributed by atoms with van der Waals surface area (Å²) in [5, 5.41) is 8.26. The van der Waals surface area contributed by atoms with Gasteiger partial charge in [0.15, 0.2) is 5.82 Å². The van der Waals surface area contributed by atoms with Crippen molar-refractivity contribution in [2.75, 3.05) is 36.8 Å². The van der Waals surface area contributed by atoms with Gasteiger partial charge in [-0.1, -0.05) is 23.7 Å². The summed E-state index contributed by atoms with van der Waals surface area (Å²) in [4.78, 5) is 11.7. The predicted octanol–water partition coefficient (Wildman–Crippen LogP) is 5.68. The normalized spacial score (nSPS) is 20.3. The first-order valence-electron chi connectivity index (χ1n) is 14.1. The van der Waals surface area contributed by atoms with Crippen molar-refractivity contribution >= 4 is 44.9 Å². The number of nitrogens with one attached hydrogen (secondary N) is 2. The van der Waals surface area contributed by atoms with Gasteiger partial charge >= 0.3 is 10.1 Å². The third-order valence-electron chi connectivity index (χ3n) is 8.01. The molecule has 0 bridgehead atoms. The molecule has 3 heterocycles. The number of benzene rings is 2. The molecule has 2 aromatic carbocycles. The molecule has 2 aliphatic heterocycles. The second-order valence-electron chi connectivity index (χ2n) is 10.8. The lowest BCUT2D eigenvalue weighted by Crippen LogP contribution is -2.32. The topological polar surface area (TPSA) is 99.7 Å². The van der Waals surface area contributed by atoms with Gasteiger partial charge in [-0.25, -0.2) is 4.98 Å². The van der Waals surface area contributed by atoms with E-state index in [1.54, 1.807) is 12.1 Å². The zero-order chi connectivity index (χ0) is 27.5. The summed E-state index contributed by atoms with van der Waals surface area (Å²) < 4.78 is 30.8. The number of nitrogens with zero attached hydrogens (tertiary/aromatic N) is 4. The Morgan fingerprint density at radius 2 is 1.60 bits per heavy atom. The van der Waals surface area contributed by atoms with E-state index in [4.69, 9.17) is 15.9 Å². The first kappa shape index (κ1) is 27.4. The molecule has 0 amide bonds. The van der Waals surface area contributed by atoms with Crippen LogP contribution in [0.5, 0.6) is 0 Å². The Balaban J connectivity index is 1.14. The highest BCUT2D eigenvalue weighted by molar-refractivity contribution is 7.86. The number of likely N-dealkylation sites (tertiary alicyclic amines) is 1. The number of aryl methyl sites for hydroxylation is 2. The molecule has 2 saturated heterocycles. The van der Waals surface area contributed by atoms with E-state index in [0.29, 0.717) is 41.6 Å². The summed E-state index contributed by atoms with van der Waals surface area (Å²) in [6, 6.07) is 13.6. The van der Waals surface area contributed by atoms with Crippen LogP contribution in [0.4, 0.5) is 23.1 Å². The third-order valence-corrected chi connectivity index (χ3v) is 9.53. The third kappa shape index (κ3) is 6.42. The van der Waals surface area contributed by atoms with Gasteiger partial charge in [-0.2, -0.15) is 22.7 Å². The number of fused-ring (bicyclic) bond motifs is 1. The fourth-order valence-corrected chi connectivity index (χ4v) is 7.06. The van der Waals surface area contributed by atoms with Crippen molar-refractivity contribution in [3.63, 3.8) is 0 Å². The van der Waals surface area contributed by atoms with E-state index in [0.717, 1.165) is 31.4 Å². The standard InChI is InChI=1S/C29H35ClN6O3S/c30-27-20-31-29(33-24-11-8-21-9-12-25(13-10-22(21)18-24)35-14-1-2-15-35)34-28(27)32-23-6-5-7-26(19-23)40(37,38)39-36-16-3-4-17-36/h5-8,11,18-20,25H,1-4,9-10,12-17H2,(H2,31,32,33,34)/t25-/m0/s1. The fourth-order valence-electron chi connectivity index (χ4n) is 5.90. The van der Waals surface area contributed by atoms with Gasteiger partial charge in [-0.05, 0) is 106 Å². The SMILES string of the molecule is O=S(=O)(ON1CCCC1)c1cccc(Nc2nc(Nc3ccc4c(c3)CC[C@@H](N3CCCC3)CC4)ncc2Cl)c1. The van der Waals surface area contributed by atoms with Crippen molar-refractivity contribution in [1.29, 1.82) is 0 Å². The molecule has 1 aliphatic carbocycles. The molecule has 0 saturated carbocycles. The molecular formula is C29H35ClN6O3S. The van der Waals surface area contributed by atoms with Gasteiger partial charge in [-0.3, -0.25) is 0 Å².